The van der Waals surface area contributed by atoms with Crippen molar-refractivity contribution in [1.29, 1.82) is 0 Å². The smallest absolute Gasteiger partial charge is 0.174 e. The molecule has 0 atom stereocenters. The van der Waals surface area contributed by atoms with Gasteiger partial charge in [0, 0.05) is 11.6 Å². The summed E-state index contributed by atoms with van der Waals surface area (Å²) in [7, 11) is 1.31. The molecule has 1 aliphatic rings. The Morgan fingerprint density at radius 3 is 2.44 bits per heavy atom. The summed E-state index contributed by atoms with van der Waals surface area (Å²) in [5.41, 5.74) is 5.25. The number of aromatic hydroxyl groups is 2. The first-order valence-electron chi connectivity index (χ1n) is 6.07. The number of ether oxygens (including phenoxy) is 1. The molecule has 0 unspecified atom stereocenters. The fourth-order valence-corrected chi connectivity index (χ4v) is 2.65. The number of methoxy groups -OCH3 is 1. The predicted octanol–water partition coefficient (Wildman–Crippen LogP) is 2.36. The lowest BCUT2D eigenvalue weighted by atomic mass is 9.76. The average molecular weight is 255 g/mol. The van der Waals surface area contributed by atoms with Gasteiger partial charge in [0.25, 0.3) is 0 Å². The van der Waals surface area contributed by atoms with Crippen molar-refractivity contribution in [3.63, 3.8) is 0 Å². The molecule has 1 aromatic rings. The van der Waals surface area contributed by atoms with E-state index in [0.29, 0.717) is 12.8 Å². The Morgan fingerprint density at radius 2 is 1.89 bits per heavy atom. The Kier molecular flexibility index (Phi) is 3.34. The van der Waals surface area contributed by atoms with Gasteiger partial charge in [-0.15, -0.1) is 0 Å². The normalized spacial score (nSPS) is 18.6. The van der Waals surface area contributed by atoms with Crippen LogP contribution in [0.3, 0.4) is 0 Å². The monoisotopic (exact) mass is 255 g/mol. The van der Waals surface area contributed by atoms with Gasteiger partial charge in [-0.25, -0.2) is 4.39 Å². The number of nitrogens with two attached hydrogens (primary N) is 1. The fraction of sp³-hybridized carbons (Fsp3) is 0.538. The minimum Gasteiger partial charge on any atom is -0.504 e. The van der Waals surface area contributed by atoms with Gasteiger partial charge in [0.15, 0.2) is 23.1 Å². The highest BCUT2D eigenvalue weighted by Gasteiger charge is 2.37. The predicted molar refractivity (Wildman–Crippen MR) is 65.2 cm³/mol. The summed E-state index contributed by atoms with van der Waals surface area (Å²) >= 11 is 0. The van der Waals surface area contributed by atoms with Crippen molar-refractivity contribution < 1.29 is 19.3 Å². The van der Waals surface area contributed by atoms with Crippen LogP contribution in [0.25, 0.3) is 0 Å². The van der Waals surface area contributed by atoms with Gasteiger partial charge in [-0.05, 0) is 12.8 Å². The molecule has 0 bridgehead atoms. The van der Waals surface area contributed by atoms with E-state index in [1.165, 1.54) is 7.11 Å². The van der Waals surface area contributed by atoms with Crippen molar-refractivity contribution in [2.75, 3.05) is 7.11 Å². The number of phenols is 2. The Balaban J connectivity index is 2.58. The topological polar surface area (TPSA) is 75.7 Å². The second kappa shape index (κ2) is 4.65. The van der Waals surface area contributed by atoms with Crippen LogP contribution in [0.15, 0.2) is 6.07 Å². The van der Waals surface area contributed by atoms with E-state index in [9.17, 15) is 14.6 Å². The molecular formula is C13H18FNO3. The molecule has 0 saturated heterocycles. The van der Waals surface area contributed by atoms with Gasteiger partial charge in [-0.2, -0.15) is 0 Å². The van der Waals surface area contributed by atoms with Gasteiger partial charge in [-0.3, -0.25) is 0 Å². The first-order chi connectivity index (χ1) is 8.49. The maximum Gasteiger partial charge on any atom is 0.174 e. The fourth-order valence-electron chi connectivity index (χ4n) is 2.65. The molecule has 0 radical (unpaired) electrons. The van der Waals surface area contributed by atoms with Crippen LogP contribution in [0.4, 0.5) is 4.39 Å². The lowest BCUT2D eigenvalue weighted by molar-refractivity contribution is 0.271. The van der Waals surface area contributed by atoms with Crippen LogP contribution in [0.1, 0.15) is 37.7 Å². The average Bonchev–Trinajstić information content (AvgIpc) is 2.34. The third kappa shape index (κ3) is 1.99. The number of phenolic OH excluding ortho intramolecular Hbond substituents is 2. The van der Waals surface area contributed by atoms with E-state index in [0.717, 1.165) is 25.3 Å². The Morgan fingerprint density at radius 1 is 1.28 bits per heavy atom. The number of benzene rings is 1. The summed E-state index contributed by atoms with van der Waals surface area (Å²) in [5.74, 6) is -1.66. The van der Waals surface area contributed by atoms with Crippen LogP contribution in [0.2, 0.25) is 0 Å². The summed E-state index contributed by atoms with van der Waals surface area (Å²) in [6.45, 7) is 0. The van der Waals surface area contributed by atoms with Gasteiger partial charge in [0.1, 0.15) is 0 Å². The van der Waals surface area contributed by atoms with Gasteiger partial charge in [-0.1, -0.05) is 19.3 Å². The van der Waals surface area contributed by atoms with Gasteiger partial charge >= 0.3 is 0 Å². The highest BCUT2D eigenvalue weighted by atomic mass is 19.1. The van der Waals surface area contributed by atoms with E-state index in [2.05, 4.69) is 0 Å². The van der Waals surface area contributed by atoms with E-state index >= 15 is 0 Å². The maximum absolute atomic E-state index is 14.3. The lowest BCUT2D eigenvalue weighted by Crippen LogP contribution is -2.39. The zero-order valence-electron chi connectivity index (χ0n) is 10.4. The molecule has 0 aliphatic heterocycles. The molecule has 2 rings (SSSR count). The van der Waals surface area contributed by atoms with E-state index in [4.69, 9.17) is 10.5 Å². The Bertz CT molecular complexity index is 456. The van der Waals surface area contributed by atoms with Crippen LogP contribution in [-0.4, -0.2) is 17.3 Å². The van der Waals surface area contributed by atoms with Gasteiger partial charge < -0.3 is 20.7 Å². The molecule has 1 fully saturated rings. The quantitative estimate of drug-likeness (QED) is 0.709. The molecule has 4 nitrogen and oxygen atoms in total. The van der Waals surface area contributed by atoms with Crippen LogP contribution in [-0.2, 0) is 5.54 Å². The first-order valence-corrected chi connectivity index (χ1v) is 6.07. The molecule has 1 saturated carbocycles. The van der Waals surface area contributed by atoms with Crippen LogP contribution in [0, 0.1) is 5.82 Å². The van der Waals surface area contributed by atoms with Gasteiger partial charge in [0.05, 0.1) is 12.7 Å². The minimum absolute atomic E-state index is 0.0287. The number of hydrogen-bond donors (Lipinski definition) is 3. The van der Waals surface area contributed by atoms with Crippen LogP contribution in [0.5, 0.6) is 17.2 Å². The molecule has 4 N–H and O–H groups in total. The second-order valence-electron chi connectivity index (χ2n) is 4.85. The summed E-state index contributed by atoms with van der Waals surface area (Å²) in [6.07, 6.45) is 3.99. The summed E-state index contributed by atoms with van der Waals surface area (Å²) in [4.78, 5) is 0. The highest BCUT2D eigenvalue weighted by Crippen LogP contribution is 2.46. The van der Waals surface area contributed by atoms with Gasteiger partial charge in [0.2, 0.25) is 0 Å². The molecule has 1 aromatic carbocycles. The van der Waals surface area contributed by atoms with Crippen molar-refractivity contribution >= 4 is 0 Å². The summed E-state index contributed by atoms with van der Waals surface area (Å²) < 4.78 is 19.1. The summed E-state index contributed by atoms with van der Waals surface area (Å²) in [5, 5.41) is 19.5. The molecule has 1 aliphatic carbocycles. The van der Waals surface area contributed by atoms with E-state index < -0.39 is 22.9 Å². The highest BCUT2D eigenvalue weighted by molar-refractivity contribution is 5.54. The van der Waals surface area contributed by atoms with E-state index in [-0.39, 0.29) is 11.3 Å². The molecule has 100 valence electrons. The molecule has 5 heteroatoms. The van der Waals surface area contributed by atoms with Crippen molar-refractivity contribution in [1.82, 2.24) is 0 Å². The van der Waals surface area contributed by atoms with Crippen molar-refractivity contribution in [3.8, 4) is 17.2 Å². The molecule has 0 heterocycles. The minimum atomic E-state index is -0.932. The van der Waals surface area contributed by atoms with E-state index in [1.807, 2.05) is 0 Å². The number of hydrogen-bond acceptors (Lipinski definition) is 4. The van der Waals surface area contributed by atoms with Crippen LogP contribution >= 0.6 is 0 Å². The maximum atomic E-state index is 14.3. The molecule has 18 heavy (non-hydrogen) atoms. The van der Waals surface area contributed by atoms with E-state index in [1.54, 1.807) is 0 Å². The molecular weight excluding hydrogens is 237 g/mol. The zero-order valence-corrected chi connectivity index (χ0v) is 10.4. The second-order valence-corrected chi connectivity index (χ2v) is 4.85. The largest absolute Gasteiger partial charge is 0.504 e. The Hall–Kier alpha value is -1.49. The zero-order chi connectivity index (χ0) is 13.3. The number of halogens is 1. The summed E-state index contributed by atoms with van der Waals surface area (Å²) in [6, 6.07) is 1.06. The van der Waals surface area contributed by atoms with Crippen LogP contribution < -0.4 is 10.5 Å². The SMILES string of the molecule is COc1cc(O)c(O)c(C2(N)CCCCC2)c1F. The third-order valence-electron chi connectivity index (χ3n) is 3.65. The van der Waals surface area contributed by atoms with Crippen molar-refractivity contribution in [3.05, 3.63) is 17.4 Å². The van der Waals surface area contributed by atoms with Crippen molar-refractivity contribution in [2.24, 2.45) is 5.73 Å². The molecule has 0 aromatic heterocycles. The Labute approximate surface area is 105 Å². The lowest BCUT2D eigenvalue weighted by Gasteiger charge is -2.34. The molecule has 0 spiro atoms. The third-order valence-corrected chi connectivity index (χ3v) is 3.65. The number of rotatable bonds is 2. The van der Waals surface area contributed by atoms with Crippen molar-refractivity contribution in [2.45, 2.75) is 37.6 Å². The first kappa shape index (κ1) is 13.0. The standard InChI is InChI=1S/C13H18FNO3/c1-18-9-7-8(16)12(17)10(11(9)14)13(15)5-3-2-4-6-13/h7,16-17H,2-6,15H2,1H3. The molecule has 0 amide bonds.